The second-order valence-corrected chi connectivity index (χ2v) is 10.9. The quantitative estimate of drug-likeness (QED) is 0.394. The van der Waals surface area contributed by atoms with Crippen molar-refractivity contribution in [3.63, 3.8) is 0 Å². The average Bonchev–Trinajstić information content (AvgIpc) is 2.66. The van der Waals surface area contributed by atoms with Crippen LogP contribution >= 0.6 is 0 Å². The molecule has 1 fully saturated rings. The summed E-state index contributed by atoms with van der Waals surface area (Å²) in [5.41, 5.74) is 0.883. The number of imide groups is 1. The van der Waals surface area contributed by atoms with Crippen LogP contribution in [0.1, 0.15) is 32.4 Å². The zero-order valence-corrected chi connectivity index (χ0v) is 16.2. The third-order valence-corrected chi connectivity index (χ3v) is 9.64. The molecule has 5 nitrogen and oxygen atoms in total. The molecule has 1 aliphatic heterocycles. The summed E-state index contributed by atoms with van der Waals surface area (Å²) < 4.78 is 11.5. The lowest BCUT2D eigenvalue weighted by molar-refractivity contribution is -0.160. The van der Waals surface area contributed by atoms with Crippen LogP contribution in [0.5, 0.6) is 0 Å². The minimum absolute atomic E-state index is 0.0766. The molecule has 0 radical (unpaired) electrons. The molecule has 1 heterocycles. The molecule has 1 aromatic rings. The molecule has 1 saturated heterocycles. The van der Waals surface area contributed by atoms with Crippen molar-refractivity contribution in [1.29, 1.82) is 0 Å². The maximum absolute atomic E-state index is 12.7. The number of carbonyl (C=O) groups is 2. The smallest absolute Gasteiger partial charge is 0.417 e. The molecule has 1 aromatic carbocycles. The van der Waals surface area contributed by atoms with Crippen molar-refractivity contribution in [3.05, 3.63) is 48.6 Å². The average molecular weight is 362 g/mol. The van der Waals surface area contributed by atoms with Gasteiger partial charge in [0, 0.05) is 0 Å². The Kier molecular flexibility index (Phi) is 6.55. The Hall–Kier alpha value is -1.92. The van der Waals surface area contributed by atoms with Crippen molar-refractivity contribution >= 4 is 20.3 Å². The summed E-state index contributed by atoms with van der Waals surface area (Å²) >= 11 is 0. The van der Waals surface area contributed by atoms with E-state index in [2.05, 4.69) is 27.4 Å². The molecule has 6 heteroatoms. The van der Waals surface area contributed by atoms with Gasteiger partial charge >= 0.3 is 6.09 Å². The van der Waals surface area contributed by atoms with Gasteiger partial charge in [-0.25, -0.2) is 9.69 Å². The molecular formula is C19H27NO4Si. The Labute approximate surface area is 150 Å². The zero-order chi connectivity index (χ0) is 18.4. The highest BCUT2D eigenvalue weighted by atomic mass is 28.4. The van der Waals surface area contributed by atoms with Crippen molar-refractivity contribution < 1.29 is 18.8 Å². The van der Waals surface area contributed by atoms with Gasteiger partial charge < -0.3 is 9.16 Å². The molecule has 136 valence electrons. The highest BCUT2D eigenvalue weighted by Crippen LogP contribution is 2.40. The summed E-state index contributed by atoms with van der Waals surface area (Å²) in [4.78, 5) is 26.1. The maximum atomic E-state index is 12.7. The maximum Gasteiger partial charge on any atom is 0.417 e. The van der Waals surface area contributed by atoms with Gasteiger partial charge in [0.05, 0.1) is 0 Å². The monoisotopic (exact) mass is 361 g/mol. The number of amides is 2. The molecule has 2 amide bonds. The first-order valence-electron chi connectivity index (χ1n) is 8.87. The normalized spacial score (nSPS) is 20.1. The summed E-state index contributed by atoms with van der Waals surface area (Å²) in [5, 5.41) is 0. The lowest BCUT2D eigenvalue weighted by atomic mass is 9.91. The highest BCUT2D eigenvalue weighted by molar-refractivity contribution is 6.73. The third kappa shape index (κ3) is 3.85. The molecule has 0 aromatic heterocycles. The molecule has 0 saturated carbocycles. The predicted molar refractivity (Wildman–Crippen MR) is 99.6 cm³/mol. The van der Waals surface area contributed by atoms with E-state index in [1.54, 1.807) is 0 Å². The SMILES string of the molecule is C=CCOC(=O)N1C(=O)[C@H](O[Si](CC)(CC)CC)[C@@H]1c1ccccc1. The van der Waals surface area contributed by atoms with Gasteiger partial charge in [-0.2, -0.15) is 0 Å². The van der Waals surface area contributed by atoms with E-state index in [1.165, 1.54) is 11.0 Å². The fraction of sp³-hybridized carbons (Fsp3) is 0.474. The van der Waals surface area contributed by atoms with Gasteiger partial charge in [0.2, 0.25) is 0 Å². The molecule has 0 N–H and O–H groups in total. The number of ether oxygens (including phenoxy) is 1. The number of carbonyl (C=O) groups excluding carboxylic acids is 2. The van der Waals surface area contributed by atoms with Gasteiger partial charge in [-0.3, -0.25) is 4.79 Å². The van der Waals surface area contributed by atoms with Gasteiger partial charge in [0.15, 0.2) is 14.4 Å². The Morgan fingerprint density at radius 3 is 2.32 bits per heavy atom. The standard InChI is InChI=1S/C19H27NO4Si/c1-5-14-23-19(22)20-16(15-12-10-9-11-13-15)17(18(20)21)24-25(6-2,7-3)8-4/h5,9-13,16-17H,1,6-8,14H2,2-4H3/t16-,17+/m0/s1. The third-order valence-electron chi connectivity index (χ3n) is 5.02. The van der Waals surface area contributed by atoms with E-state index in [-0.39, 0.29) is 12.5 Å². The van der Waals surface area contributed by atoms with Crippen molar-refractivity contribution in [2.75, 3.05) is 6.61 Å². The Morgan fingerprint density at radius 2 is 1.80 bits per heavy atom. The van der Waals surface area contributed by atoms with Gasteiger partial charge in [-0.1, -0.05) is 63.8 Å². The van der Waals surface area contributed by atoms with Crippen LogP contribution in [0.15, 0.2) is 43.0 Å². The molecule has 25 heavy (non-hydrogen) atoms. The van der Waals surface area contributed by atoms with Crippen LogP contribution in [0.25, 0.3) is 0 Å². The molecule has 0 unspecified atom stereocenters. The van der Waals surface area contributed by atoms with E-state index in [9.17, 15) is 9.59 Å². The first-order chi connectivity index (χ1) is 12.0. The van der Waals surface area contributed by atoms with Gasteiger partial charge in [-0.05, 0) is 23.7 Å². The van der Waals surface area contributed by atoms with E-state index in [4.69, 9.17) is 9.16 Å². The van der Waals surface area contributed by atoms with Crippen LogP contribution in [0.3, 0.4) is 0 Å². The van der Waals surface area contributed by atoms with Crippen LogP contribution in [-0.4, -0.2) is 37.9 Å². The van der Waals surface area contributed by atoms with Crippen LogP contribution in [0, 0.1) is 0 Å². The number of benzene rings is 1. The summed E-state index contributed by atoms with van der Waals surface area (Å²) in [6, 6.07) is 11.9. The summed E-state index contributed by atoms with van der Waals surface area (Å²) in [6.45, 7) is 9.97. The second-order valence-electron chi connectivity index (χ2n) is 6.21. The number of rotatable bonds is 8. The van der Waals surface area contributed by atoms with E-state index >= 15 is 0 Å². The Balaban J connectivity index is 2.28. The topological polar surface area (TPSA) is 55.8 Å². The van der Waals surface area contributed by atoms with Crippen molar-refractivity contribution in [2.45, 2.75) is 51.0 Å². The first-order valence-corrected chi connectivity index (χ1v) is 11.4. The van der Waals surface area contributed by atoms with Crippen molar-refractivity contribution in [2.24, 2.45) is 0 Å². The molecule has 0 bridgehead atoms. The number of hydrogen-bond acceptors (Lipinski definition) is 4. The highest BCUT2D eigenvalue weighted by Gasteiger charge is 2.55. The number of likely N-dealkylation sites (tertiary alicyclic amines) is 1. The van der Waals surface area contributed by atoms with Crippen LogP contribution in [0.2, 0.25) is 18.1 Å². The zero-order valence-electron chi connectivity index (χ0n) is 15.2. The fourth-order valence-electron chi connectivity index (χ4n) is 3.22. The Morgan fingerprint density at radius 1 is 1.20 bits per heavy atom. The van der Waals surface area contributed by atoms with Crippen molar-refractivity contribution in [3.8, 4) is 0 Å². The molecular weight excluding hydrogens is 334 g/mol. The second kappa shape index (κ2) is 8.45. The van der Waals surface area contributed by atoms with E-state index in [0.29, 0.717) is 0 Å². The van der Waals surface area contributed by atoms with E-state index < -0.39 is 26.6 Å². The van der Waals surface area contributed by atoms with Crippen LogP contribution in [-0.2, 0) is 14.0 Å². The summed E-state index contributed by atoms with van der Waals surface area (Å²) in [6.07, 6.45) is 0.234. The number of β-lactam (4-membered cyclic amide) rings is 1. The largest absolute Gasteiger partial charge is 0.445 e. The summed E-state index contributed by atoms with van der Waals surface area (Å²) in [7, 11) is -1.97. The van der Waals surface area contributed by atoms with Crippen LogP contribution in [0.4, 0.5) is 4.79 Å². The number of hydrogen-bond donors (Lipinski definition) is 0. The predicted octanol–water partition coefficient (Wildman–Crippen LogP) is 4.28. The van der Waals surface area contributed by atoms with Gasteiger partial charge in [-0.15, -0.1) is 0 Å². The van der Waals surface area contributed by atoms with Crippen LogP contribution < -0.4 is 0 Å². The van der Waals surface area contributed by atoms with Gasteiger partial charge in [0.25, 0.3) is 5.91 Å². The lowest BCUT2D eigenvalue weighted by Gasteiger charge is -2.48. The molecule has 0 spiro atoms. The minimum atomic E-state index is -1.97. The lowest BCUT2D eigenvalue weighted by Crippen LogP contribution is -2.64. The Bertz CT molecular complexity index is 607. The molecule has 2 atom stereocenters. The van der Waals surface area contributed by atoms with Gasteiger partial charge in [0.1, 0.15) is 12.6 Å². The van der Waals surface area contributed by atoms with E-state index in [0.717, 1.165) is 23.7 Å². The molecule has 2 rings (SSSR count). The van der Waals surface area contributed by atoms with Crippen molar-refractivity contribution in [1.82, 2.24) is 4.90 Å². The first kappa shape index (κ1) is 19.4. The summed E-state index contributed by atoms with van der Waals surface area (Å²) in [5.74, 6) is -0.310. The molecule has 1 aliphatic rings. The van der Waals surface area contributed by atoms with E-state index in [1.807, 2.05) is 30.3 Å². The molecule has 0 aliphatic carbocycles. The number of nitrogens with zero attached hydrogens (tertiary/aromatic N) is 1. The fourth-order valence-corrected chi connectivity index (χ4v) is 5.99. The minimum Gasteiger partial charge on any atom is -0.445 e.